The molecule has 0 fully saturated rings. The Kier molecular flexibility index (Phi) is 5.96. The largest absolute Gasteiger partial charge is 0.355 e. The van der Waals surface area contributed by atoms with E-state index in [1.165, 1.54) is 0 Å². The van der Waals surface area contributed by atoms with Gasteiger partial charge in [-0.15, -0.1) is 0 Å². The number of nitrogens with zero attached hydrogens (tertiary/aromatic N) is 4. The maximum Gasteiger partial charge on any atom is 0.208 e. The first kappa shape index (κ1) is 16.4. The van der Waals surface area contributed by atoms with Gasteiger partial charge >= 0.3 is 0 Å². The molecule has 0 atom stereocenters. The number of nitrogens with one attached hydrogen (secondary N) is 2. The zero-order valence-corrected chi connectivity index (χ0v) is 13.1. The maximum absolute atomic E-state index is 10.9. The van der Waals surface area contributed by atoms with Crippen molar-refractivity contribution in [2.45, 2.75) is 6.54 Å². The summed E-state index contributed by atoms with van der Waals surface area (Å²) in [6.45, 7) is 1.46. The highest BCUT2D eigenvalue weighted by molar-refractivity contribution is 7.88. The third-order valence-corrected chi connectivity index (χ3v) is 3.25. The number of hydrogen-bond acceptors (Lipinski definition) is 4. The van der Waals surface area contributed by atoms with Gasteiger partial charge in [0.1, 0.15) is 0 Å². The summed E-state index contributed by atoms with van der Waals surface area (Å²) < 4.78 is 26.0. The molecule has 1 rings (SSSR count). The number of guanidine groups is 1. The number of rotatable bonds is 6. The van der Waals surface area contributed by atoms with Crippen molar-refractivity contribution in [2.24, 2.45) is 12.0 Å². The highest BCUT2D eigenvalue weighted by Crippen LogP contribution is 2.01. The predicted molar refractivity (Wildman–Crippen MR) is 78.9 cm³/mol. The van der Waals surface area contributed by atoms with Crippen LogP contribution in [0, 0.1) is 0 Å². The lowest BCUT2D eigenvalue weighted by atomic mass is 10.3. The van der Waals surface area contributed by atoms with Gasteiger partial charge in [0.15, 0.2) is 5.96 Å². The SMILES string of the molecule is CN=C(NCCNS(C)(=O)=O)N(C)Cc1cnn(C)c1. The van der Waals surface area contributed by atoms with Crippen LogP contribution in [-0.2, 0) is 23.6 Å². The van der Waals surface area contributed by atoms with Gasteiger partial charge in [-0.1, -0.05) is 0 Å². The second-order valence-electron chi connectivity index (χ2n) is 4.52. The molecule has 0 aromatic carbocycles. The molecule has 0 amide bonds. The van der Waals surface area contributed by atoms with Gasteiger partial charge in [0.2, 0.25) is 10.0 Å². The first-order valence-corrected chi connectivity index (χ1v) is 8.05. The third-order valence-electron chi connectivity index (χ3n) is 2.52. The smallest absolute Gasteiger partial charge is 0.208 e. The number of sulfonamides is 1. The molecule has 9 heteroatoms. The predicted octanol–water partition coefficient (Wildman–Crippen LogP) is -1.02. The van der Waals surface area contributed by atoms with Crippen LogP contribution in [0.25, 0.3) is 0 Å². The van der Waals surface area contributed by atoms with Crippen LogP contribution in [0.5, 0.6) is 0 Å². The zero-order valence-electron chi connectivity index (χ0n) is 12.3. The molecule has 0 aliphatic rings. The highest BCUT2D eigenvalue weighted by Gasteiger charge is 2.07. The van der Waals surface area contributed by atoms with Gasteiger partial charge in [-0.05, 0) is 0 Å². The summed E-state index contributed by atoms with van der Waals surface area (Å²) in [6.07, 6.45) is 4.88. The van der Waals surface area contributed by atoms with E-state index in [0.29, 0.717) is 25.6 Å². The number of aliphatic imine (C=N–C) groups is 1. The van der Waals surface area contributed by atoms with Crippen LogP contribution in [0.4, 0.5) is 0 Å². The van der Waals surface area contributed by atoms with E-state index < -0.39 is 10.0 Å². The Hall–Kier alpha value is -1.61. The van der Waals surface area contributed by atoms with Gasteiger partial charge in [0.05, 0.1) is 12.5 Å². The molecule has 2 N–H and O–H groups in total. The number of hydrogen-bond donors (Lipinski definition) is 2. The fourth-order valence-electron chi connectivity index (χ4n) is 1.70. The fraction of sp³-hybridized carbons (Fsp3) is 0.636. The minimum atomic E-state index is -3.15. The Morgan fingerprint density at radius 3 is 2.70 bits per heavy atom. The Morgan fingerprint density at radius 1 is 1.50 bits per heavy atom. The van der Waals surface area contributed by atoms with Crippen LogP contribution in [0.15, 0.2) is 17.4 Å². The van der Waals surface area contributed by atoms with Crippen LogP contribution in [-0.4, -0.2) is 62.5 Å². The number of aromatic nitrogens is 2. The van der Waals surface area contributed by atoms with E-state index in [9.17, 15) is 8.42 Å². The first-order valence-electron chi connectivity index (χ1n) is 6.16. The van der Waals surface area contributed by atoms with Gasteiger partial charge in [0.25, 0.3) is 0 Å². The van der Waals surface area contributed by atoms with Crippen molar-refractivity contribution in [1.82, 2.24) is 24.7 Å². The lowest BCUT2D eigenvalue weighted by molar-refractivity contribution is 0.476. The van der Waals surface area contributed by atoms with E-state index in [1.54, 1.807) is 17.9 Å². The van der Waals surface area contributed by atoms with Gasteiger partial charge < -0.3 is 10.2 Å². The van der Waals surface area contributed by atoms with Crippen LogP contribution in [0.1, 0.15) is 5.56 Å². The third kappa shape index (κ3) is 6.02. The zero-order chi connectivity index (χ0) is 15.2. The van der Waals surface area contributed by atoms with E-state index in [-0.39, 0.29) is 0 Å². The molecule has 1 aromatic heterocycles. The van der Waals surface area contributed by atoms with Crippen molar-refractivity contribution < 1.29 is 8.42 Å². The van der Waals surface area contributed by atoms with Crippen molar-refractivity contribution in [1.29, 1.82) is 0 Å². The maximum atomic E-state index is 10.9. The summed E-state index contributed by atoms with van der Waals surface area (Å²) in [6, 6.07) is 0. The number of aryl methyl sites for hydroxylation is 1. The average Bonchev–Trinajstić information content (AvgIpc) is 2.73. The average molecular weight is 302 g/mol. The monoisotopic (exact) mass is 302 g/mol. The molecule has 0 aliphatic carbocycles. The summed E-state index contributed by atoms with van der Waals surface area (Å²) in [7, 11) is 2.31. The Labute approximate surface area is 119 Å². The summed E-state index contributed by atoms with van der Waals surface area (Å²) in [5.74, 6) is 0.698. The van der Waals surface area contributed by atoms with Crippen molar-refractivity contribution in [3.05, 3.63) is 18.0 Å². The van der Waals surface area contributed by atoms with Crippen LogP contribution in [0.3, 0.4) is 0 Å². The molecule has 0 saturated carbocycles. The molecule has 0 aliphatic heterocycles. The lowest BCUT2D eigenvalue weighted by Gasteiger charge is -2.21. The van der Waals surface area contributed by atoms with E-state index in [1.807, 2.05) is 25.2 Å². The molecule has 1 heterocycles. The van der Waals surface area contributed by atoms with Gasteiger partial charge in [-0.25, -0.2) is 13.1 Å². The van der Waals surface area contributed by atoms with Gasteiger partial charge in [-0.2, -0.15) is 5.10 Å². The van der Waals surface area contributed by atoms with E-state index >= 15 is 0 Å². The summed E-state index contributed by atoms with van der Waals surface area (Å²) in [4.78, 5) is 6.09. The molecule has 1 aromatic rings. The summed E-state index contributed by atoms with van der Waals surface area (Å²) in [5, 5.41) is 7.20. The summed E-state index contributed by atoms with van der Waals surface area (Å²) in [5.41, 5.74) is 1.08. The fourth-order valence-corrected chi connectivity index (χ4v) is 2.17. The topological polar surface area (TPSA) is 91.6 Å². The molecule has 8 nitrogen and oxygen atoms in total. The van der Waals surface area contributed by atoms with Crippen LogP contribution >= 0.6 is 0 Å². The molecular weight excluding hydrogens is 280 g/mol. The Morgan fingerprint density at radius 2 is 2.20 bits per heavy atom. The normalized spacial score (nSPS) is 12.5. The molecule has 0 saturated heterocycles. The Balaban J connectivity index is 2.42. The lowest BCUT2D eigenvalue weighted by Crippen LogP contribution is -2.42. The van der Waals surface area contributed by atoms with Crippen molar-refractivity contribution in [3.8, 4) is 0 Å². The second-order valence-corrected chi connectivity index (χ2v) is 6.35. The molecule has 0 bridgehead atoms. The molecule has 114 valence electrons. The van der Waals surface area contributed by atoms with Crippen LogP contribution < -0.4 is 10.0 Å². The van der Waals surface area contributed by atoms with Crippen molar-refractivity contribution >= 4 is 16.0 Å². The van der Waals surface area contributed by atoms with Crippen molar-refractivity contribution in [2.75, 3.05) is 33.4 Å². The molecule has 0 spiro atoms. The van der Waals surface area contributed by atoms with Gasteiger partial charge in [-0.3, -0.25) is 9.67 Å². The highest BCUT2D eigenvalue weighted by atomic mass is 32.2. The van der Waals surface area contributed by atoms with Crippen LogP contribution in [0.2, 0.25) is 0 Å². The molecule has 0 unspecified atom stereocenters. The second kappa shape index (κ2) is 7.25. The molecular formula is C11H22N6O2S. The van der Waals surface area contributed by atoms with E-state index in [0.717, 1.165) is 11.8 Å². The van der Waals surface area contributed by atoms with Crippen molar-refractivity contribution in [3.63, 3.8) is 0 Å². The van der Waals surface area contributed by atoms with E-state index in [2.05, 4.69) is 20.1 Å². The summed E-state index contributed by atoms with van der Waals surface area (Å²) >= 11 is 0. The molecule has 20 heavy (non-hydrogen) atoms. The van der Waals surface area contributed by atoms with E-state index in [4.69, 9.17) is 0 Å². The minimum absolute atomic E-state index is 0.318. The molecule has 0 radical (unpaired) electrons. The minimum Gasteiger partial charge on any atom is -0.355 e. The Bertz CT molecular complexity index is 551. The first-order chi connectivity index (χ1) is 9.31. The quantitative estimate of drug-likeness (QED) is 0.398. The standard InChI is InChI=1S/C11H22N6O2S/c1-12-11(13-5-6-15-20(4,18)19)16(2)8-10-7-14-17(3)9-10/h7,9,15H,5-6,8H2,1-4H3,(H,12,13). The van der Waals surface area contributed by atoms with Gasteiger partial charge in [0, 0.05) is 52.5 Å².